The van der Waals surface area contributed by atoms with E-state index in [-0.39, 0.29) is 24.1 Å². The molecule has 2 aliphatic rings. The molecule has 2 amide bonds. The number of methoxy groups -OCH3 is 1. The first-order chi connectivity index (χ1) is 17.2. The zero-order valence-electron chi connectivity index (χ0n) is 20.2. The van der Waals surface area contributed by atoms with E-state index in [9.17, 15) is 22.8 Å². The Morgan fingerprint density at radius 1 is 1.03 bits per heavy atom. The molecule has 2 N–H and O–H groups in total. The monoisotopic (exact) mass is 504 g/mol. The molecule has 36 heavy (non-hydrogen) atoms. The van der Waals surface area contributed by atoms with E-state index in [2.05, 4.69) is 32.6 Å². The first-order valence-electron chi connectivity index (χ1n) is 12.1. The lowest BCUT2D eigenvalue weighted by molar-refractivity contribution is -0.137. The smallest absolute Gasteiger partial charge is 0.416 e. The molecule has 0 bridgehead atoms. The van der Waals surface area contributed by atoms with Crippen molar-refractivity contribution < 1.29 is 27.5 Å². The molecule has 2 heterocycles. The van der Waals surface area contributed by atoms with Gasteiger partial charge in [0.25, 0.3) is 5.91 Å². The lowest BCUT2D eigenvalue weighted by Gasteiger charge is -2.38. The van der Waals surface area contributed by atoms with Crippen molar-refractivity contribution >= 4 is 17.5 Å². The minimum Gasteiger partial charge on any atom is -0.497 e. The topological polar surface area (TPSA) is 73.9 Å². The third-order valence-corrected chi connectivity index (χ3v) is 6.86. The molecule has 194 valence electrons. The van der Waals surface area contributed by atoms with Gasteiger partial charge in [-0.05, 0) is 61.7 Å². The van der Waals surface area contributed by atoms with Crippen LogP contribution in [-0.2, 0) is 11.0 Å². The third-order valence-electron chi connectivity index (χ3n) is 6.86. The van der Waals surface area contributed by atoms with Crippen molar-refractivity contribution in [2.24, 2.45) is 0 Å². The van der Waals surface area contributed by atoms with Gasteiger partial charge in [0, 0.05) is 49.5 Å². The van der Waals surface area contributed by atoms with Crippen molar-refractivity contribution in [3.63, 3.8) is 0 Å². The Kier molecular flexibility index (Phi) is 8.03. The normalized spacial score (nSPS) is 19.2. The standard InChI is InChI=1S/C26H31F3N4O3/c1-36-23-7-5-21(6-8-23)32-13-10-22(11-14-32)33-12-9-20(17-33)31-24(34)16-30-25(35)18-3-2-4-19(15-18)26(27,28)29/h2-8,15,20,22H,9-14,16-17H2,1H3,(H,30,35)(H,31,34)/t20-/m0/s1. The van der Waals surface area contributed by atoms with Crippen LogP contribution in [0.5, 0.6) is 5.75 Å². The fraction of sp³-hybridized carbons (Fsp3) is 0.462. The number of carbonyl (C=O) groups excluding carboxylic acids is 2. The van der Waals surface area contributed by atoms with Crippen LogP contribution in [0.3, 0.4) is 0 Å². The van der Waals surface area contributed by atoms with Crippen molar-refractivity contribution in [2.75, 3.05) is 44.7 Å². The second kappa shape index (κ2) is 11.2. The summed E-state index contributed by atoms with van der Waals surface area (Å²) in [7, 11) is 1.66. The van der Waals surface area contributed by atoms with Gasteiger partial charge in [-0.1, -0.05) is 6.07 Å². The lowest BCUT2D eigenvalue weighted by Crippen LogP contribution is -2.46. The predicted molar refractivity (Wildman–Crippen MR) is 130 cm³/mol. The summed E-state index contributed by atoms with van der Waals surface area (Å²) in [4.78, 5) is 29.3. The van der Waals surface area contributed by atoms with Gasteiger partial charge in [0.05, 0.1) is 19.2 Å². The number of ether oxygens (including phenoxy) is 1. The summed E-state index contributed by atoms with van der Waals surface area (Å²) in [5.41, 5.74) is 0.152. The average molecular weight is 505 g/mol. The Morgan fingerprint density at radius 2 is 1.75 bits per heavy atom. The summed E-state index contributed by atoms with van der Waals surface area (Å²) in [5.74, 6) is -0.224. The Bertz CT molecular complexity index is 1050. The Hall–Kier alpha value is -3.27. The molecule has 2 fully saturated rings. The van der Waals surface area contributed by atoms with E-state index in [1.807, 2.05) is 12.1 Å². The molecule has 10 heteroatoms. The SMILES string of the molecule is COc1ccc(N2CCC(N3CC[C@H](NC(=O)CNC(=O)c4cccc(C(F)(F)F)c4)C3)CC2)cc1. The van der Waals surface area contributed by atoms with Crippen LogP contribution < -0.4 is 20.3 Å². The van der Waals surface area contributed by atoms with E-state index in [4.69, 9.17) is 4.74 Å². The first-order valence-corrected chi connectivity index (χ1v) is 12.1. The molecule has 0 radical (unpaired) electrons. The van der Waals surface area contributed by atoms with E-state index in [0.29, 0.717) is 6.04 Å². The zero-order chi connectivity index (χ0) is 25.7. The van der Waals surface area contributed by atoms with Crippen molar-refractivity contribution in [1.82, 2.24) is 15.5 Å². The average Bonchev–Trinajstić information content (AvgIpc) is 3.35. The summed E-state index contributed by atoms with van der Waals surface area (Å²) >= 11 is 0. The number of nitrogens with zero attached hydrogens (tertiary/aromatic N) is 2. The summed E-state index contributed by atoms with van der Waals surface area (Å²) in [6.45, 7) is 3.29. The number of hydrogen-bond acceptors (Lipinski definition) is 5. The number of benzene rings is 2. The number of hydrogen-bond donors (Lipinski definition) is 2. The molecule has 2 saturated heterocycles. The van der Waals surface area contributed by atoms with Crippen molar-refractivity contribution in [1.29, 1.82) is 0 Å². The highest BCUT2D eigenvalue weighted by Crippen LogP contribution is 2.29. The van der Waals surface area contributed by atoms with Gasteiger partial charge in [-0.25, -0.2) is 0 Å². The van der Waals surface area contributed by atoms with Crippen LogP contribution in [0.25, 0.3) is 0 Å². The number of anilines is 1. The molecular formula is C26H31F3N4O3. The quantitative estimate of drug-likeness (QED) is 0.606. The number of rotatable bonds is 7. The maximum Gasteiger partial charge on any atom is 0.416 e. The molecular weight excluding hydrogens is 473 g/mol. The second-order valence-corrected chi connectivity index (χ2v) is 9.23. The van der Waals surface area contributed by atoms with Crippen LogP contribution in [0.15, 0.2) is 48.5 Å². The van der Waals surface area contributed by atoms with Crippen LogP contribution >= 0.6 is 0 Å². The molecule has 0 aromatic heterocycles. The van der Waals surface area contributed by atoms with Crippen LogP contribution in [-0.4, -0.2) is 68.6 Å². The fourth-order valence-electron chi connectivity index (χ4n) is 4.90. The molecule has 7 nitrogen and oxygen atoms in total. The van der Waals surface area contributed by atoms with Crippen LogP contribution in [0.1, 0.15) is 35.2 Å². The van der Waals surface area contributed by atoms with Gasteiger partial charge in [-0.3, -0.25) is 14.5 Å². The number of piperidine rings is 1. The highest BCUT2D eigenvalue weighted by molar-refractivity contribution is 5.96. The van der Waals surface area contributed by atoms with E-state index in [1.165, 1.54) is 17.8 Å². The highest BCUT2D eigenvalue weighted by Gasteiger charge is 2.32. The fourth-order valence-corrected chi connectivity index (χ4v) is 4.90. The van der Waals surface area contributed by atoms with Gasteiger partial charge >= 0.3 is 6.18 Å². The van der Waals surface area contributed by atoms with Gasteiger partial charge in [-0.2, -0.15) is 13.2 Å². The number of nitrogens with one attached hydrogen (secondary N) is 2. The van der Waals surface area contributed by atoms with Crippen LogP contribution in [0, 0.1) is 0 Å². The van der Waals surface area contributed by atoms with Crippen molar-refractivity contribution in [3.8, 4) is 5.75 Å². The van der Waals surface area contributed by atoms with Gasteiger partial charge < -0.3 is 20.3 Å². The minimum atomic E-state index is -4.53. The van der Waals surface area contributed by atoms with E-state index in [1.54, 1.807) is 7.11 Å². The maximum absolute atomic E-state index is 12.9. The highest BCUT2D eigenvalue weighted by atomic mass is 19.4. The molecule has 0 saturated carbocycles. The van der Waals surface area contributed by atoms with Gasteiger partial charge in [0.1, 0.15) is 5.75 Å². The number of carbonyl (C=O) groups is 2. The number of amides is 2. The second-order valence-electron chi connectivity index (χ2n) is 9.23. The van der Waals surface area contributed by atoms with Crippen LogP contribution in [0.4, 0.5) is 18.9 Å². The summed E-state index contributed by atoms with van der Waals surface area (Å²) in [6.07, 6.45) is -1.63. The van der Waals surface area contributed by atoms with E-state index < -0.39 is 17.6 Å². The molecule has 2 aliphatic heterocycles. The van der Waals surface area contributed by atoms with Gasteiger partial charge in [-0.15, -0.1) is 0 Å². The third kappa shape index (κ3) is 6.48. The molecule has 2 aromatic carbocycles. The molecule has 2 aromatic rings. The predicted octanol–water partition coefficient (Wildman–Crippen LogP) is 3.30. The molecule has 0 aliphatic carbocycles. The summed E-state index contributed by atoms with van der Waals surface area (Å²) in [6, 6.07) is 12.7. The first kappa shape index (κ1) is 25.8. The van der Waals surface area contributed by atoms with E-state index >= 15 is 0 Å². The number of likely N-dealkylation sites (tertiary alicyclic amines) is 1. The Morgan fingerprint density at radius 3 is 2.42 bits per heavy atom. The van der Waals surface area contributed by atoms with Crippen molar-refractivity contribution in [2.45, 2.75) is 37.5 Å². The summed E-state index contributed by atoms with van der Waals surface area (Å²) < 4.78 is 43.8. The van der Waals surface area contributed by atoms with Crippen molar-refractivity contribution in [3.05, 3.63) is 59.7 Å². The molecule has 0 unspecified atom stereocenters. The largest absolute Gasteiger partial charge is 0.497 e. The lowest BCUT2D eigenvalue weighted by atomic mass is 10.0. The van der Waals surface area contributed by atoms with Gasteiger partial charge in [0.15, 0.2) is 0 Å². The zero-order valence-corrected chi connectivity index (χ0v) is 20.2. The summed E-state index contributed by atoms with van der Waals surface area (Å²) in [5, 5.41) is 5.35. The number of alkyl halides is 3. The Balaban J connectivity index is 1.19. The molecule has 0 spiro atoms. The van der Waals surface area contributed by atoms with E-state index in [0.717, 1.165) is 63.3 Å². The molecule has 1 atom stereocenters. The van der Waals surface area contributed by atoms with Gasteiger partial charge in [0.2, 0.25) is 5.91 Å². The Labute approximate surface area is 208 Å². The maximum atomic E-state index is 12.9. The number of halogens is 3. The van der Waals surface area contributed by atoms with Crippen LogP contribution in [0.2, 0.25) is 0 Å². The minimum absolute atomic E-state index is 0.0115. The molecule has 4 rings (SSSR count).